The van der Waals surface area contributed by atoms with Crippen LogP contribution >= 0.6 is 11.6 Å². The molecule has 1 amide bonds. The first kappa shape index (κ1) is 14.8. The Bertz CT molecular complexity index is 434. The first-order valence-corrected chi connectivity index (χ1v) is 6.28. The van der Waals surface area contributed by atoms with Crippen LogP contribution in [-0.2, 0) is 4.79 Å². The van der Waals surface area contributed by atoms with Gasteiger partial charge in [0.25, 0.3) is 0 Å². The number of hydrogen-bond donors (Lipinski definition) is 2. The zero-order valence-corrected chi connectivity index (χ0v) is 12.0. The number of nitrogens with two attached hydrogens (primary N) is 1. The summed E-state index contributed by atoms with van der Waals surface area (Å²) in [7, 11) is 1.92. The third kappa shape index (κ3) is 3.62. The molecule has 1 atom stereocenters. The smallest absolute Gasteiger partial charge is 0.241 e. The van der Waals surface area contributed by atoms with E-state index >= 15 is 0 Å². The van der Waals surface area contributed by atoms with Crippen LogP contribution in [0.15, 0.2) is 18.2 Å². The fourth-order valence-electron chi connectivity index (χ4n) is 1.52. The summed E-state index contributed by atoms with van der Waals surface area (Å²) in [6.45, 7) is 5.95. The summed E-state index contributed by atoms with van der Waals surface area (Å²) in [5.41, 5.74) is 6.85. The van der Waals surface area contributed by atoms with E-state index in [-0.39, 0.29) is 11.9 Å². The quantitative estimate of drug-likeness (QED) is 0.826. The molecule has 1 aromatic rings. The lowest BCUT2D eigenvalue weighted by Crippen LogP contribution is -2.43. The molecule has 0 bridgehead atoms. The summed E-state index contributed by atoms with van der Waals surface area (Å²) < 4.78 is 0. The Hall–Kier alpha value is -1.26. The summed E-state index contributed by atoms with van der Waals surface area (Å²) in [6, 6.07) is 5.10. The van der Waals surface area contributed by atoms with E-state index in [0.717, 1.165) is 0 Å². The van der Waals surface area contributed by atoms with E-state index in [1.165, 1.54) is 0 Å². The van der Waals surface area contributed by atoms with Gasteiger partial charge in [0.1, 0.15) is 0 Å². The van der Waals surface area contributed by atoms with Gasteiger partial charge in [-0.25, -0.2) is 0 Å². The number of rotatable bonds is 4. The number of nitrogens with zero attached hydrogens (tertiary/aromatic N) is 1. The van der Waals surface area contributed by atoms with Gasteiger partial charge in [-0.3, -0.25) is 9.69 Å². The van der Waals surface area contributed by atoms with Gasteiger partial charge >= 0.3 is 0 Å². The first-order chi connectivity index (χ1) is 8.32. The maximum absolute atomic E-state index is 12.1. The van der Waals surface area contributed by atoms with Crippen molar-refractivity contribution in [2.45, 2.75) is 32.9 Å². The second kappa shape index (κ2) is 6.07. The molecule has 0 aromatic heterocycles. The van der Waals surface area contributed by atoms with E-state index in [1.807, 2.05) is 32.7 Å². The molecule has 0 saturated carbocycles. The molecule has 4 nitrogen and oxygen atoms in total. The number of amides is 1. The molecule has 0 aliphatic carbocycles. The Labute approximate surface area is 113 Å². The Morgan fingerprint density at radius 3 is 2.50 bits per heavy atom. The standard InChI is InChI=1S/C13H20ClN3O/c1-8(2)17(4)9(3)13(18)16-12-6-5-10(14)7-11(12)15/h5-9H,15H2,1-4H3,(H,16,18). The van der Waals surface area contributed by atoms with Crippen molar-refractivity contribution in [2.24, 2.45) is 0 Å². The normalized spacial score (nSPS) is 12.8. The van der Waals surface area contributed by atoms with Crippen LogP contribution in [0.2, 0.25) is 5.02 Å². The molecule has 3 N–H and O–H groups in total. The van der Waals surface area contributed by atoms with Crippen LogP contribution in [0.1, 0.15) is 20.8 Å². The maximum atomic E-state index is 12.1. The van der Waals surface area contributed by atoms with Crippen molar-refractivity contribution in [2.75, 3.05) is 18.1 Å². The number of likely N-dealkylation sites (N-methyl/N-ethyl adjacent to an activating group) is 1. The molecule has 0 radical (unpaired) electrons. The zero-order chi connectivity index (χ0) is 13.9. The van der Waals surface area contributed by atoms with Crippen LogP contribution in [0.5, 0.6) is 0 Å². The van der Waals surface area contributed by atoms with Crippen molar-refractivity contribution >= 4 is 28.9 Å². The fraction of sp³-hybridized carbons (Fsp3) is 0.462. The van der Waals surface area contributed by atoms with E-state index in [4.69, 9.17) is 17.3 Å². The minimum Gasteiger partial charge on any atom is -0.397 e. The lowest BCUT2D eigenvalue weighted by atomic mass is 10.2. The molecular weight excluding hydrogens is 250 g/mol. The summed E-state index contributed by atoms with van der Waals surface area (Å²) in [5, 5.41) is 3.36. The van der Waals surface area contributed by atoms with Crippen molar-refractivity contribution < 1.29 is 4.79 Å². The third-order valence-electron chi connectivity index (χ3n) is 3.08. The summed E-state index contributed by atoms with van der Waals surface area (Å²) >= 11 is 5.81. The molecule has 1 unspecified atom stereocenters. The highest BCUT2D eigenvalue weighted by molar-refractivity contribution is 6.31. The van der Waals surface area contributed by atoms with Crippen LogP contribution in [0.25, 0.3) is 0 Å². The van der Waals surface area contributed by atoms with Gasteiger partial charge in [0.05, 0.1) is 17.4 Å². The minimum absolute atomic E-state index is 0.0831. The molecular formula is C13H20ClN3O. The van der Waals surface area contributed by atoms with Crippen LogP contribution < -0.4 is 11.1 Å². The monoisotopic (exact) mass is 269 g/mol. The van der Waals surface area contributed by atoms with E-state index in [2.05, 4.69) is 5.32 Å². The fourth-order valence-corrected chi connectivity index (χ4v) is 1.70. The number of anilines is 2. The topological polar surface area (TPSA) is 58.4 Å². The molecule has 0 aliphatic heterocycles. The van der Waals surface area contributed by atoms with Crippen molar-refractivity contribution in [1.29, 1.82) is 0 Å². The summed E-state index contributed by atoms with van der Waals surface area (Å²) in [6.07, 6.45) is 0. The van der Waals surface area contributed by atoms with E-state index in [9.17, 15) is 4.79 Å². The minimum atomic E-state index is -0.222. The van der Waals surface area contributed by atoms with Crippen LogP contribution in [0.3, 0.4) is 0 Å². The largest absolute Gasteiger partial charge is 0.397 e. The van der Waals surface area contributed by atoms with Crippen molar-refractivity contribution in [3.63, 3.8) is 0 Å². The number of hydrogen-bond acceptors (Lipinski definition) is 3. The van der Waals surface area contributed by atoms with Gasteiger partial charge in [0.2, 0.25) is 5.91 Å². The molecule has 0 aliphatic rings. The number of carbonyl (C=O) groups excluding carboxylic acids is 1. The molecule has 0 heterocycles. The molecule has 5 heteroatoms. The highest BCUT2D eigenvalue weighted by Gasteiger charge is 2.20. The van der Waals surface area contributed by atoms with E-state index < -0.39 is 0 Å². The SMILES string of the molecule is CC(C)N(C)C(C)C(=O)Nc1ccc(Cl)cc1N. The van der Waals surface area contributed by atoms with Crippen LogP contribution in [0, 0.1) is 0 Å². The third-order valence-corrected chi connectivity index (χ3v) is 3.31. The predicted molar refractivity (Wildman–Crippen MR) is 76.9 cm³/mol. The van der Waals surface area contributed by atoms with Crippen molar-refractivity contribution in [3.05, 3.63) is 23.2 Å². The predicted octanol–water partition coefficient (Wildman–Crippen LogP) is 2.59. The highest BCUT2D eigenvalue weighted by atomic mass is 35.5. The van der Waals surface area contributed by atoms with Gasteiger partial charge in [0.15, 0.2) is 0 Å². The van der Waals surface area contributed by atoms with Gasteiger partial charge in [-0.1, -0.05) is 11.6 Å². The van der Waals surface area contributed by atoms with Gasteiger partial charge in [-0.2, -0.15) is 0 Å². The average Bonchev–Trinajstić information content (AvgIpc) is 2.30. The molecule has 0 spiro atoms. The lowest BCUT2D eigenvalue weighted by molar-refractivity contribution is -0.120. The first-order valence-electron chi connectivity index (χ1n) is 5.90. The van der Waals surface area contributed by atoms with E-state index in [1.54, 1.807) is 18.2 Å². The van der Waals surface area contributed by atoms with Crippen LogP contribution in [0.4, 0.5) is 11.4 Å². The van der Waals surface area contributed by atoms with Gasteiger partial charge in [0, 0.05) is 11.1 Å². The number of halogens is 1. The maximum Gasteiger partial charge on any atom is 0.241 e. The van der Waals surface area contributed by atoms with Gasteiger partial charge in [-0.15, -0.1) is 0 Å². The van der Waals surface area contributed by atoms with Crippen molar-refractivity contribution in [1.82, 2.24) is 4.90 Å². The Kier molecular flexibility index (Phi) is 4.99. The molecule has 18 heavy (non-hydrogen) atoms. The lowest BCUT2D eigenvalue weighted by Gasteiger charge is -2.27. The highest BCUT2D eigenvalue weighted by Crippen LogP contribution is 2.23. The number of benzene rings is 1. The average molecular weight is 270 g/mol. The molecule has 0 saturated heterocycles. The second-order valence-corrected chi connectivity index (χ2v) is 5.09. The Morgan fingerprint density at radius 1 is 1.39 bits per heavy atom. The number of nitrogen functional groups attached to an aromatic ring is 1. The second-order valence-electron chi connectivity index (χ2n) is 4.66. The molecule has 1 rings (SSSR count). The summed E-state index contributed by atoms with van der Waals surface area (Å²) in [5.74, 6) is -0.0831. The molecule has 0 fully saturated rings. The van der Waals surface area contributed by atoms with Gasteiger partial charge in [-0.05, 0) is 46.0 Å². The summed E-state index contributed by atoms with van der Waals surface area (Å²) in [4.78, 5) is 14.0. The molecule has 1 aromatic carbocycles. The molecule has 100 valence electrons. The van der Waals surface area contributed by atoms with Crippen LogP contribution in [-0.4, -0.2) is 29.9 Å². The van der Waals surface area contributed by atoms with E-state index in [0.29, 0.717) is 22.4 Å². The van der Waals surface area contributed by atoms with Crippen molar-refractivity contribution in [3.8, 4) is 0 Å². The number of nitrogens with one attached hydrogen (secondary N) is 1. The Morgan fingerprint density at radius 2 is 2.00 bits per heavy atom. The zero-order valence-electron chi connectivity index (χ0n) is 11.2. The Balaban J connectivity index is 2.75. The van der Waals surface area contributed by atoms with Gasteiger partial charge < -0.3 is 11.1 Å². The number of carbonyl (C=O) groups is 1.